The van der Waals surface area contributed by atoms with Crippen molar-refractivity contribution < 1.29 is 33.9 Å². The van der Waals surface area contributed by atoms with Gasteiger partial charge in [-0.05, 0) is 0 Å². The summed E-state index contributed by atoms with van der Waals surface area (Å²) < 4.78 is 25.7. The van der Waals surface area contributed by atoms with Gasteiger partial charge >= 0.3 is 0 Å². The molecule has 0 aromatic rings. The number of rotatable bonds is 16. The van der Waals surface area contributed by atoms with Crippen molar-refractivity contribution in [2.45, 2.75) is 11.1 Å². The van der Waals surface area contributed by atoms with Crippen molar-refractivity contribution in [2.24, 2.45) is 0 Å². The van der Waals surface area contributed by atoms with Gasteiger partial charge in [-0.25, -0.2) is 0 Å². The zero-order valence-electron chi connectivity index (χ0n) is 11.9. The predicted molar refractivity (Wildman–Crippen MR) is 77.8 cm³/mol. The van der Waals surface area contributed by atoms with Gasteiger partial charge in [-0.15, -0.1) is 0 Å². The van der Waals surface area contributed by atoms with E-state index < -0.39 is 11.1 Å². The number of hydrogen-bond donors (Lipinski definition) is 2. The first-order valence-corrected chi connectivity index (χ1v) is 7.54. The van der Waals surface area contributed by atoms with Crippen LogP contribution < -0.4 is 0 Å². The van der Waals surface area contributed by atoms with Crippen molar-refractivity contribution in [1.82, 2.24) is 0 Å². The molecule has 0 heterocycles. The molecule has 0 aliphatic carbocycles. The molecule has 9 heteroatoms. The predicted octanol–water partition coefficient (Wildman–Crippen LogP) is 0.184. The van der Waals surface area contributed by atoms with Gasteiger partial charge in [-0.3, -0.25) is 0 Å². The first-order valence-electron chi connectivity index (χ1n) is 6.67. The molecule has 0 amide bonds. The molecule has 0 saturated carbocycles. The third kappa shape index (κ3) is 16.5. The third-order valence-electron chi connectivity index (χ3n) is 2.02. The lowest BCUT2D eigenvalue weighted by Gasteiger charge is -2.12. The Labute approximate surface area is 135 Å². The van der Waals surface area contributed by atoms with E-state index in [-0.39, 0.29) is 39.6 Å². The lowest BCUT2D eigenvalue weighted by molar-refractivity contribution is -0.0274. The monoisotopic (exact) mass is 350 g/mol. The second-order valence-electron chi connectivity index (χ2n) is 3.77. The second-order valence-corrected chi connectivity index (χ2v) is 4.74. The zero-order valence-corrected chi connectivity index (χ0v) is 13.4. The van der Waals surface area contributed by atoms with Gasteiger partial charge in [0.05, 0.1) is 66.1 Å². The van der Waals surface area contributed by atoms with Gasteiger partial charge in [-0.1, -0.05) is 23.2 Å². The van der Waals surface area contributed by atoms with Crippen molar-refractivity contribution in [1.29, 1.82) is 0 Å². The van der Waals surface area contributed by atoms with Crippen molar-refractivity contribution in [3.05, 3.63) is 0 Å². The molecule has 0 aliphatic rings. The van der Waals surface area contributed by atoms with Crippen LogP contribution in [-0.2, 0) is 23.7 Å². The van der Waals surface area contributed by atoms with Crippen LogP contribution >= 0.6 is 23.2 Å². The summed E-state index contributed by atoms with van der Waals surface area (Å²) in [4.78, 5) is 0. The first-order chi connectivity index (χ1) is 10.2. The molecular weight excluding hydrogens is 327 g/mol. The van der Waals surface area contributed by atoms with Crippen molar-refractivity contribution in [3.63, 3.8) is 0 Å². The standard InChI is InChI=1S/C12H24Cl2O7/c13-11(20-3-1-15)9-18-7-5-17-6-8-19-10-12(14)21-4-2-16/h11-12,15-16H,1-10H2. The smallest absolute Gasteiger partial charge is 0.154 e. The first kappa shape index (κ1) is 21.3. The average Bonchev–Trinajstić information content (AvgIpc) is 2.49. The van der Waals surface area contributed by atoms with Crippen LogP contribution in [-0.4, -0.2) is 87.4 Å². The van der Waals surface area contributed by atoms with Crippen LogP contribution in [0.5, 0.6) is 0 Å². The highest BCUT2D eigenvalue weighted by atomic mass is 35.5. The van der Waals surface area contributed by atoms with Gasteiger partial charge in [-0.2, -0.15) is 0 Å². The number of alkyl halides is 2. The maximum atomic E-state index is 8.52. The van der Waals surface area contributed by atoms with E-state index in [4.69, 9.17) is 57.1 Å². The molecule has 0 aliphatic heterocycles. The van der Waals surface area contributed by atoms with E-state index in [1.165, 1.54) is 0 Å². The van der Waals surface area contributed by atoms with Gasteiger partial charge < -0.3 is 33.9 Å². The average molecular weight is 351 g/mol. The molecule has 0 rings (SSSR count). The summed E-state index contributed by atoms with van der Waals surface area (Å²) in [6, 6.07) is 0. The lowest BCUT2D eigenvalue weighted by Crippen LogP contribution is -2.19. The highest BCUT2D eigenvalue weighted by Crippen LogP contribution is 1.99. The van der Waals surface area contributed by atoms with E-state index in [9.17, 15) is 0 Å². The molecule has 2 unspecified atom stereocenters. The van der Waals surface area contributed by atoms with Crippen molar-refractivity contribution >= 4 is 23.2 Å². The summed E-state index contributed by atoms with van der Waals surface area (Å²) >= 11 is 11.5. The maximum Gasteiger partial charge on any atom is 0.154 e. The van der Waals surface area contributed by atoms with Crippen LogP contribution in [0.2, 0.25) is 0 Å². The fourth-order valence-corrected chi connectivity index (χ4v) is 1.50. The van der Waals surface area contributed by atoms with E-state index in [0.717, 1.165) is 0 Å². The number of aliphatic hydroxyl groups excluding tert-OH is 2. The molecule has 2 N–H and O–H groups in total. The molecule has 0 saturated heterocycles. The van der Waals surface area contributed by atoms with Gasteiger partial charge in [0.25, 0.3) is 0 Å². The van der Waals surface area contributed by atoms with E-state index in [1.807, 2.05) is 0 Å². The minimum atomic E-state index is -0.569. The molecule has 0 fully saturated rings. The van der Waals surface area contributed by atoms with Gasteiger partial charge in [0, 0.05) is 0 Å². The minimum Gasteiger partial charge on any atom is -0.394 e. The van der Waals surface area contributed by atoms with Crippen molar-refractivity contribution in [3.8, 4) is 0 Å². The summed E-state index contributed by atoms with van der Waals surface area (Å²) in [6.45, 7) is 2.32. The summed E-state index contributed by atoms with van der Waals surface area (Å²) in [5, 5.41) is 17.0. The van der Waals surface area contributed by atoms with Crippen LogP contribution in [0, 0.1) is 0 Å². The van der Waals surface area contributed by atoms with Gasteiger partial charge in [0.1, 0.15) is 0 Å². The Morgan fingerprint density at radius 1 is 0.619 bits per heavy atom. The van der Waals surface area contributed by atoms with Gasteiger partial charge in [0.2, 0.25) is 0 Å². The largest absolute Gasteiger partial charge is 0.394 e. The van der Waals surface area contributed by atoms with E-state index >= 15 is 0 Å². The molecule has 7 nitrogen and oxygen atoms in total. The Hall–Kier alpha value is 0.300. The lowest BCUT2D eigenvalue weighted by atomic mass is 10.6. The van der Waals surface area contributed by atoms with Crippen molar-refractivity contribution in [2.75, 3.05) is 66.1 Å². The summed E-state index contributed by atoms with van der Waals surface area (Å²) in [5.74, 6) is 0. The Morgan fingerprint density at radius 3 is 1.38 bits per heavy atom. The SMILES string of the molecule is OCCOC(Cl)COCCOCCOCC(Cl)OCCO. The van der Waals surface area contributed by atoms with E-state index in [1.54, 1.807) is 0 Å². The number of ether oxygens (including phenoxy) is 5. The Morgan fingerprint density at radius 2 is 1.00 bits per heavy atom. The van der Waals surface area contributed by atoms with Crippen LogP contribution in [0.3, 0.4) is 0 Å². The maximum absolute atomic E-state index is 8.52. The molecule has 0 radical (unpaired) electrons. The molecule has 0 aromatic heterocycles. The quantitative estimate of drug-likeness (QED) is 0.303. The summed E-state index contributed by atoms with van der Waals surface area (Å²) in [5.41, 5.74) is -1.14. The second kappa shape index (κ2) is 16.7. The molecule has 0 bridgehead atoms. The Bertz CT molecular complexity index is 192. The van der Waals surface area contributed by atoms with E-state index in [0.29, 0.717) is 26.4 Å². The Balaban J connectivity index is 3.15. The normalized spacial score (nSPS) is 14.3. The molecule has 0 aromatic carbocycles. The van der Waals surface area contributed by atoms with Crippen LogP contribution in [0.25, 0.3) is 0 Å². The summed E-state index contributed by atoms with van der Waals surface area (Å²) in [6.07, 6.45) is 0. The number of aliphatic hydroxyl groups is 2. The van der Waals surface area contributed by atoms with Crippen LogP contribution in [0.15, 0.2) is 0 Å². The molecule has 21 heavy (non-hydrogen) atoms. The zero-order chi connectivity index (χ0) is 15.8. The topological polar surface area (TPSA) is 86.6 Å². The number of hydrogen-bond acceptors (Lipinski definition) is 7. The van der Waals surface area contributed by atoms with E-state index in [2.05, 4.69) is 0 Å². The Kier molecular flexibility index (Phi) is 16.9. The highest BCUT2D eigenvalue weighted by Gasteiger charge is 2.05. The minimum absolute atomic E-state index is 0.0689. The fourth-order valence-electron chi connectivity index (χ4n) is 1.15. The van der Waals surface area contributed by atoms with Crippen LogP contribution in [0.1, 0.15) is 0 Å². The molecule has 128 valence electrons. The highest BCUT2D eigenvalue weighted by molar-refractivity contribution is 6.20. The van der Waals surface area contributed by atoms with Crippen LogP contribution in [0.4, 0.5) is 0 Å². The number of halogens is 2. The summed E-state index contributed by atoms with van der Waals surface area (Å²) in [7, 11) is 0. The molecular formula is C12H24Cl2O7. The molecule has 2 atom stereocenters. The molecule has 0 spiro atoms. The fraction of sp³-hybridized carbons (Fsp3) is 1.00. The third-order valence-corrected chi connectivity index (χ3v) is 2.53. The van der Waals surface area contributed by atoms with Gasteiger partial charge in [0.15, 0.2) is 11.1 Å².